The Morgan fingerprint density at radius 3 is 2.42 bits per heavy atom. The van der Waals surface area contributed by atoms with E-state index in [1.807, 2.05) is 13.8 Å². The number of carbonyl (C=O) groups excluding carboxylic acids is 2. The van der Waals surface area contributed by atoms with Crippen LogP contribution in [0, 0.1) is 13.8 Å². The summed E-state index contributed by atoms with van der Waals surface area (Å²) in [5, 5.41) is 30.2. The van der Waals surface area contributed by atoms with E-state index < -0.39 is 41.3 Å². The van der Waals surface area contributed by atoms with Crippen molar-refractivity contribution >= 4 is 23.1 Å². The summed E-state index contributed by atoms with van der Waals surface area (Å²) in [5.41, 5.74) is -0.183. The number of halogens is 3. The zero-order valence-electron chi connectivity index (χ0n) is 30.3. The highest BCUT2D eigenvalue weighted by Gasteiger charge is 2.46. The van der Waals surface area contributed by atoms with Crippen molar-refractivity contribution in [3.8, 4) is 5.75 Å². The van der Waals surface area contributed by atoms with Crippen molar-refractivity contribution in [2.24, 2.45) is 0 Å². The molecule has 2 aromatic heterocycles. The molecule has 53 heavy (non-hydrogen) atoms. The van der Waals surface area contributed by atoms with Gasteiger partial charge in [-0.05, 0) is 75.3 Å². The first-order chi connectivity index (χ1) is 25.3. The van der Waals surface area contributed by atoms with Crippen molar-refractivity contribution in [3.05, 3.63) is 74.2 Å². The van der Waals surface area contributed by atoms with Gasteiger partial charge in [-0.1, -0.05) is 26.3 Å². The average Bonchev–Trinajstić information content (AvgIpc) is 3.63. The summed E-state index contributed by atoms with van der Waals surface area (Å²) < 4.78 is 47.3. The van der Waals surface area contributed by atoms with Crippen LogP contribution in [0.5, 0.6) is 5.75 Å². The number of rotatable bonds is 6. The van der Waals surface area contributed by atoms with Crippen molar-refractivity contribution in [1.29, 1.82) is 0 Å². The lowest BCUT2D eigenvalue weighted by Crippen LogP contribution is -2.47. The molecule has 1 spiro atoms. The first kappa shape index (κ1) is 37.8. The minimum Gasteiger partial charge on any atom is -0.504 e. The van der Waals surface area contributed by atoms with Gasteiger partial charge in [0.1, 0.15) is 17.8 Å². The van der Waals surface area contributed by atoms with Crippen LogP contribution in [0.2, 0.25) is 0 Å². The molecule has 5 N–H and O–H groups in total. The molecule has 5 heterocycles. The maximum atomic E-state index is 14.5. The second-order valence-electron chi connectivity index (χ2n) is 13.7. The molecule has 2 fully saturated rings. The number of aromatic amines is 3. The molecule has 3 aliphatic heterocycles. The van der Waals surface area contributed by atoms with Crippen LogP contribution in [0.3, 0.4) is 0 Å². The highest BCUT2D eigenvalue weighted by molar-refractivity contribution is 5.95. The van der Waals surface area contributed by atoms with Crippen LogP contribution in [0.1, 0.15) is 96.8 Å². The maximum Gasteiger partial charge on any atom is 0.416 e. The molecule has 3 aromatic rings. The molecule has 286 valence electrons. The van der Waals surface area contributed by atoms with Crippen LogP contribution >= 0.6 is 0 Å². The summed E-state index contributed by atoms with van der Waals surface area (Å²) in [5.74, 6) is -0.907. The molecule has 0 atom stereocenters. The number of fused-ring (bicyclic) bond motifs is 2. The molecular formula is C36H46F3N9O5. The van der Waals surface area contributed by atoms with Gasteiger partial charge in [0.2, 0.25) is 5.91 Å². The molecule has 2 amide bonds. The van der Waals surface area contributed by atoms with E-state index >= 15 is 0 Å². The topological polar surface area (TPSA) is 177 Å². The van der Waals surface area contributed by atoms with E-state index in [2.05, 4.69) is 41.8 Å². The van der Waals surface area contributed by atoms with Gasteiger partial charge in [0.05, 0.1) is 23.4 Å². The van der Waals surface area contributed by atoms with Gasteiger partial charge < -0.3 is 20.1 Å². The third kappa shape index (κ3) is 7.62. The van der Waals surface area contributed by atoms with Crippen molar-refractivity contribution in [3.63, 3.8) is 0 Å². The first-order valence-corrected chi connectivity index (χ1v) is 18.1. The van der Waals surface area contributed by atoms with E-state index in [1.165, 1.54) is 36.9 Å². The number of ether oxygens (including phenoxy) is 1. The number of benzene rings is 1. The summed E-state index contributed by atoms with van der Waals surface area (Å²) in [6, 6.07) is 3.61. The van der Waals surface area contributed by atoms with Crippen LogP contribution in [0.4, 0.5) is 18.9 Å². The average molecular weight is 742 g/mol. The lowest BCUT2D eigenvalue weighted by atomic mass is 9.85. The number of H-pyrrole nitrogens is 3. The second kappa shape index (κ2) is 15.2. The van der Waals surface area contributed by atoms with Crippen LogP contribution in [0.25, 0.3) is 5.57 Å². The van der Waals surface area contributed by atoms with Crippen molar-refractivity contribution in [2.75, 3.05) is 31.5 Å². The number of nitrogens with zero attached hydrogens (tertiary/aromatic N) is 5. The van der Waals surface area contributed by atoms with Gasteiger partial charge in [-0.3, -0.25) is 34.6 Å². The van der Waals surface area contributed by atoms with Gasteiger partial charge in [0.15, 0.2) is 17.3 Å². The fourth-order valence-electron chi connectivity index (χ4n) is 7.25. The zero-order valence-corrected chi connectivity index (χ0v) is 30.3. The van der Waals surface area contributed by atoms with E-state index in [4.69, 9.17) is 4.74 Å². The number of nitrogens with one attached hydrogen (secondary N) is 4. The number of likely N-dealkylation sites (tertiary alicyclic amines) is 1. The Bertz CT molecular complexity index is 2000. The number of piperidine rings is 1. The number of aromatic nitrogens is 6. The molecule has 4 aliphatic rings. The van der Waals surface area contributed by atoms with E-state index in [-0.39, 0.29) is 60.8 Å². The van der Waals surface area contributed by atoms with Crippen molar-refractivity contribution in [1.82, 2.24) is 40.0 Å². The Balaban J connectivity index is 0.00000236. The summed E-state index contributed by atoms with van der Waals surface area (Å²) >= 11 is 0. The molecule has 14 nitrogen and oxygen atoms in total. The molecule has 1 aromatic carbocycles. The Kier molecular flexibility index (Phi) is 10.9. The summed E-state index contributed by atoms with van der Waals surface area (Å²) in [6.45, 7) is 8.57. The van der Waals surface area contributed by atoms with Gasteiger partial charge in [0.25, 0.3) is 11.5 Å². The summed E-state index contributed by atoms with van der Waals surface area (Å²) in [4.78, 5) is 45.2. The summed E-state index contributed by atoms with van der Waals surface area (Å²) in [6.07, 6.45) is 2.29. The minimum atomic E-state index is -4.53. The Morgan fingerprint density at radius 1 is 1.09 bits per heavy atom. The predicted molar refractivity (Wildman–Crippen MR) is 189 cm³/mol. The highest BCUT2D eigenvalue weighted by atomic mass is 19.4. The largest absolute Gasteiger partial charge is 0.504 e. The van der Waals surface area contributed by atoms with Gasteiger partial charge in [-0.15, -0.1) is 0 Å². The third-order valence-electron chi connectivity index (χ3n) is 10.5. The van der Waals surface area contributed by atoms with E-state index in [0.717, 1.165) is 30.8 Å². The molecule has 0 radical (unpaired) electrons. The molecule has 7 rings (SSSR count). The van der Waals surface area contributed by atoms with E-state index in [1.54, 1.807) is 11.8 Å². The minimum absolute atomic E-state index is 0.0150. The Labute approximate surface area is 304 Å². The number of aryl methyl sites for hydroxylation is 2. The number of alkyl halides is 3. The highest BCUT2D eigenvalue weighted by Crippen LogP contribution is 2.42. The van der Waals surface area contributed by atoms with E-state index in [0.29, 0.717) is 29.7 Å². The quantitative estimate of drug-likeness (QED) is 0.233. The summed E-state index contributed by atoms with van der Waals surface area (Å²) in [7, 11) is 0. The number of amides is 2. The monoisotopic (exact) mass is 741 g/mol. The molecule has 1 saturated carbocycles. The fraction of sp³-hybridized carbons (Fsp3) is 0.528. The van der Waals surface area contributed by atoms with Gasteiger partial charge in [0, 0.05) is 37.9 Å². The van der Waals surface area contributed by atoms with Gasteiger partial charge in [-0.2, -0.15) is 23.4 Å². The molecule has 0 unspecified atom stereocenters. The van der Waals surface area contributed by atoms with Crippen LogP contribution < -0.4 is 10.9 Å². The standard InChI is InChI=1S/C34H40F3N9O5.C2H6/c1-19-16-22(34(35,36)37)6-7-24(19)38-26(47)17-46-31(49)27-25(40-42-30(43-46)21-8-12-44(13-9-21)23-4-3-5-23)18-51-33(27)10-14-45(15-11-33)32(50)28-29(48)20(2)39-41-28;1-2/h6-8,16,23,40,48H,3-5,9-15,17-18H2,1-2H3,(H,38,47)(H,39,41)(H,42,43);1-2H3. The van der Waals surface area contributed by atoms with Crippen LogP contribution in [-0.2, 0) is 34.5 Å². The third-order valence-corrected chi connectivity index (χ3v) is 10.5. The maximum absolute atomic E-state index is 14.5. The van der Waals surface area contributed by atoms with Gasteiger partial charge in [-0.25, -0.2) is 4.68 Å². The van der Waals surface area contributed by atoms with Crippen LogP contribution in [0.15, 0.2) is 29.1 Å². The molecule has 17 heteroatoms. The molecule has 1 saturated heterocycles. The number of hydrogen-bond donors (Lipinski definition) is 5. The number of aromatic hydroxyl groups is 1. The van der Waals surface area contributed by atoms with E-state index in [9.17, 15) is 32.7 Å². The van der Waals surface area contributed by atoms with Crippen LogP contribution in [-0.4, -0.2) is 89.1 Å². The fourth-order valence-corrected chi connectivity index (χ4v) is 7.25. The molecule has 0 bridgehead atoms. The van der Waals surface area contributed by atoms with Crippen molar-refractivity contribution < 1.29 is 32.6 Å². The Hall–Kier alpha value is -4.90. The number of carbonyl (C=O) groups is 2. The lowest BCUT2D eigenvalue weighted by molar-refractivity contribution is -0.137. The van der Waals surface area contributed by atoms with Crippen molar-refractivity contribution in [2.45, 2.75) is 97.2 Å². The smallest absolute Gasteiger partial charge is 0.416 e. The number of hydrogen-bond acceptors (Lipinski definition) is 8. The SMILES string of the molecule is CC.Cc1cc(C(F)(F)F)ccc1NC(=O)Cn1[nH]c(C2=CCN(C3CCC3)CC2)n[nH]c2c(c1=O)C1(CCN(C(=O)c3[nH]nc(C)c3O)CC1)OC2. The molecular weight excluding hydrogens is 695 g/mol. The Morgan fingerprint density at radius 2 is 1.83 bits per heavy atom. The normalized spacial score (nSPS) is 18.4. The lowest BCUT2D eigenvalue weighted by Gasteiger charge is -2.39. The zero-order chi connectivity index (χ0) is 38.1. The number of anilines is 1. The predicted octanol–water partition coefficient (Wildman–Crippen LogP) is 5.06. The van der Waals surface area contributed by atoms with Gasteiger partial charge >= 0.3 is 6.18 Å². The second-order valence-corrected chi connectivity index (χ2v) is 13.7. The molecule has 1 aliphatic carbocycles. The first-order valence-electron chi connectivity index (χ1n) is 18.1.